The van der Waals surface area contributed by atoms with Crippen LogP contribution in [0.3, 0.4) is 0 Å². The van der Waals surface area contributed by atoms with Crippen LogP contribution in [0.4, 0.5) is 5.69 Å². The molecule has 0 bridgehead atoms. The number of nitrogens with one attached hydrogen (secondary N) is 2. The van der Waals surface area contributed by atoms with E-state index < -0.39 is 5.66 Å². The van der Waals surface area contributed by atoms with Crippen LogP contribution in [0.15, 0.2) is 65.9 Å². The highest BCUT2D eigenvalue weighted by atomic mass is 16.5. The van der Waals surface area contributed by atoms with Crippen molar-refractivity contribution >= 4 is 22.4 Å². The molecule has 2 aromatic carbocycles. The zero-order valence-corrected chi connectivity index (χ0v) is 16.6. The lowest BCUT2D eigenvalue weighted by Crippen LogP contribution is -2.42. The number of pyridine rings is 1. The van der Waals surface area contributed by atoms with Crippen LogP contribution in [0.2, 0.25) is 0 Å². The van der Waals surface area contributed by atoms with Gasteiger partial charge in [0.25, 0.3) is 0 Å². The number of anilines is 1. The lowest BCUT2D eigenvalue weighted by Gasteiger charge is -2.27. The summed E-state index contributed by atoms with van der Waals surface area (Å²) in [6, 6.07) is 13.8. The second-order valence-corrected chi connectivity index (χ2v) is 6.83. The second-order valence-electron chi connectivity index (χ2n) is 6.83. The van der Waals surface area contributed by atoms with Crippen LogP contribution in [0, 0.1) is 6.92 Å². The number of nitrogens with zero attached hydrogens (tertiary/aromatic N) is 2. The summed E-state index contributed by atoms with van der Waals surface area (Å²) in [5.74, 6) is 1.81. The second kappa shape index (κ2) is 7.44. The van der Waals surface area contributed by atoms with Crippen LogP contribution < -0.4 is 25.8 Å². The van der Waals surface area contributed by atoms with Gasteiger partial charge in [0.2, 0.25) is 5.96 Å². The first-order valence-electron chi connectivity index (χ1n) is 9.20. The molecule has 0 saturated heterocycles. The molecular weight excluding hydrogens is 366 g/mol. The van der Waals surface area contributed by atoms with Gasteiger partial charge in [-0.3, -0.25) is 10.7 Å². The van der Waals surface area contributed by atoms with E-state index >= 15 is 0 Å². The van der Waals surface area contributed by atoms with Gasteiger partial charge in [-0.25, -0.2) is 4.99 Å². The first-order chi connectivity index (χ1) is 14.0. The number of methoxy groups -OCH3 is 2. The minimum atomic E-state index is -1.08. The number of fused-ring (bicyclic) bond motifs is 1. The molecule has 1 aliphatic heterocycles. The van der Waals surface area contributed by atoms with E-state index in [4.69, 9.17) is 15.2 Å². The molecule has 0 radical (unpaired) electrons. The highest BCUT2D eigenvalue weighted by Gasteiger charge is 2.28. The molecule has 29 heavy (non-hydrogen) atoms. The van der Waals surface area contributed by atoms with Crippen LogP contribution >= 0.6 is 0 Å². The van der Waals surface area contributed by atoms with Gasteiger partial charge in [0, 0.05) is 29.5 Å². The Morgan fingerprint density at radius 3 is 2.52 bits per heavy atom. The average molecular weight is 389 g/mol. The van der Waals surface area contributed by atoms with Crippen LogP contribution in [-0.2, 0) is 5.66 Å². The number of guanidine groups is 1. The Hall–Kier alpha value is -3.58. The number of hydrogen-bond donors (Lipinski definition) is 3. The van der Waals surface area contributed by atoms with E-state index in [1.165, 1.54) is 0 Å². The number of aryl methyl sites for hydroxylation is 1. The van der Waals surface area contributed by atoms with E-state index in [1.807, 2.05) is 55.6 Å². The van der Waals surface area contributed by atoms with E-state index in [1.54, 1.807) is 26.5 Å². The normalized spacial score (nSPS) is 18.1. The Labute approximate surface area is 169 Å². The maximum atomic E-state index is 6.59. The smallest absolute Gasteiger partial charge is 0.202 e. The van der Waals surface area contributed by atoms with Gasteiger partial charge in [0.1, 0.15) is 0 Å². The Bertz CT molecular complexity index is 1130. The highest BCUT2D eigenvalue weighted by molar-refractivity contribution is 5.96. The zero-order chi connectivity index (χ0) is 20.4. The lowest BCUT2D eigenvalue weighted by molar-refractivity contribution is 0.355. The average Bonchev–Trinajstić information content (AvgIpc) is 2.74. The Morgan fingerprint density at radius 2 is 1.76 bits per heavy atom. The van der Waals surface area contributed by atoms with Gasteiger partial charge in [-0.05, 0) is 36.1 Å². The van der Waals surface area contributed by atoms with Crippen molar-refractivity contribution in [2.24, 2.45) is 10.7 Å². The number of hydrogen-bond acceptors (Lipinski definition) is 7. The van der Waals surface area contributed by atoms with Crippen LogP contribution in [-0.4, -0.2) is 25.2 Å². The van der Waals surface area contributed by atoms with Crippen LogP contribution in [0.1, 0.15) is 11.3 Å². The Balaban J connectivity index is 1.67. The molecular formula is C22H23N5O2. The molecule has 0 fully saturated rings. The Morgan fingerprint density at radius 1 is 1.03 bits per heavy atom. The molecule has 4 N–H and O–H groups in total. The molecule has 1 unspecified atom stereocenters. The summed E-state index contributed by atoms with van der Waals surface area (Å²) in [6.07, 6.45) is 5.37. The predicted molar refractivity (Wildman–Crippen MR) is 115 cm³/mol. The van der Waals surface area contributed by atoms with Crippen LogP contribution in [0.5, 0.6) is 11.5 Å². The molecule has 3 aromatic rings. The third-order valence-corrected chi connectivity index (χ3v) is 4.88. The number of benzene rings is 2. The van der Waals surface area contributed by atoms with Crippen LogP contribution in [0.25, 0.3) is 10.8 Å². The Kier molecular flexibility index (Phi) is 4.82. The van der Waals surface area contributed by atoms with Crippen molar-refractivity contribution in [1.29, 1.82) is 0 Å². The standard InChI is InChI=1S/C22H23N5O2/c1-14-10-18(28-2)19(29-3)12-17(14)26-21-24-9-8-22(23,27-21)20-11-15-6-4-5-7-16(15)13-25-20/h4-13H,23H2,1-3H3,(H2,24,26,27). The molecule has 4 rings (SSSR count). The zero-order valence-electron chi connectivity index (χ0n) is 16.6. The summed E-state index contributed by atoms with van der Waals surface area (Å²) in [5, 5.41) is 8.50. The summed E-state index contributed by atoms with van der Waals surface area (Å²) >= 11 is 0. The van der Waals surface area contributed by atoms with E-state index in [-0.39, 0.29) is 0 Å². The SMILES string of the molecule is COc1cc(C)c(NC2=NC(N)(c3cc4ccccc4cn3)C=CN2)cc1OC. The predicted octanol–water partition coefficient (Wildman–Crippen LogP) is 3.26. The molecule has 1 atom stereocenters. The summed E-state index contributed by atoms with van der Waals surface area (Å²) in [5.41, 5.74) is 7.99. The maximum absolute atomic E-state index is 6.59. The number of aliphatic imine (C=N–C) groups is 1. The number of nitrogens with two attached hydrogens (primary N) is 1. The molecule has 7 heteroatoms. The molecule has 2 heterocycles. The van der Waals surface area contributed by atoms with E-state index in [0.717, 1.165) is 22.0 Å². The fourth-order valence-corrected chi connectivity index (χ4v) is 3.25. The van der Waals surface area contributed by atoms with Crippen molar-refractivity contribution in [3.63, 3.8) is 0 Å². The van der Waals surface area contributed by atoms with Crippen molar-refractivity contribution in [3.8, 4) is 11.5 Å². The molecule has 1 aromatic heterocycles. The van der Waals surface area contributed by atoms with E-state index in [0.29, 0.717) is 23.2 Å². The fourth-order valence-electron chi connectivity index (χ4n) is 3.25. The van der Waals surface area contributed by atoms with Crippen molar-refractivity contribution in [1.82, 2.24) is 10.3 Å². The third-order valence-electron chi connectivity index (χ3n) is 4.88. The molecule has 0 aliphatic carbocycles. The molecule has 1 aliphatic rings. The molecule has 0 amide bonds. The van der Waals surface area contributed by atoms with Crippen molar-refractivity contribution in [3.05, 3.63) is 72.2 Å². The van der Waals surface area contributed by atoms with Gasteiger partial charge < -0.3 is 20.1 Å². The number of ether oxygens (including phenoxy) is 2. The minimum absolute atomic E-state index is 0.514. The summed E-state index contributed by atoms with van der Waals surface area (Å²) in [6.45, 7) is 1.98. The fraction of sp³-hybridized carbons (Fsp3) is 0.182. The van der Waals surface area contributed by atoms with Gasteiger partial charge in [-0.15, -0.1) is 0 Å². The largest absolute Gasteiger partial charge is 0.493 e. The quantitative estimate of drug-likeness (QED) is 0.634. The summed E-state index contributed by atoms with van der Waals surface area (Å²) in [7, 11) is 3.22. The van der Waals surface area contributed by atoms with Crippen molar-refractivity contribution in [2.45, 2.75) is 12.6 Å². The summed E-state index contributed by atoms with van der Waals surface area (Å²) in [4.78, 5) is 9.21. The van der Waals surface area contributed by atoms with Gasteiger partial charge in [0.05, 0.1) is 19.9 Å². The van der Waals surface area contributed by atoms with Crippen molar-refractivity contribution < 1.29 is 9.47 Å². The number of aromatic nitrogens is 1. The van der Waals surface area contributed by atoms with E-state index in [9.17, 15) is 0 Å². The highest BCUT2D eigenvalue weighted by Crippen LogP contribution is 2.33. The molecule has 0 spiro atoms. The summed E-state index contributed by atoms with van der Waals surface area (Å²) < 4.78 is 10.7. The third kappa shape index (κ3) is 3.60. The molecule has 148 valence electrons. The molecule has 0 saturated carbocycles. The topological polar surface area (TPSA) is 93.8 Å². The number of rotatable bonds is 4. The first kappa shape index (κ1) is 18.8. The monoisotopic (exact) mass is 389 g/mol. The van der Waals surface area contributed by atoms with Gasteiger partial charge in [0.15, 0.2) is 17.2 Å². The minimum Gasteiger partial charge on any atom is -0.493 e. The molecule has 7 nitrogen and oxygen atoms in total. The van der Waals surface area contributed by atoms with Crippen molar-refractivity contribution in [2.75, 3.05) is 19.5 Å². The van der Waals surface area contributed by atoms with Gasteiger partial charge >= 0.3 is 0 Å². The maximum Gasteiger partial charge on any atom is 0.202 e. The lowest BCUT2D eigenvalue weighted by atomic mass is 10.0. The first-order valence-corrected chi connectivity index (χ1v) is 9.20. The van der Waals surface area contributed by atoms with Gasteiger partial charge in [-0.1, -0.05) is 24.3 Å². The van der Waals surface area contributed by atoms with E-state index in [2.05, 4.69) is 20.6 Å². The van der Waals surface area contributed by atoms with Gasteiger partial charge in [-0.2, -0.15) is 0 Å².